The summed E-state index contributed by atoms with van der Waals surface area (Å²) in [5, 5.41) is 3.30. The van der Waals surface area contributed by atoms with E-state index in [0.29, 0.717) is 0 Å². The monoisotopic (exact) mass is 235 g/mol. The van der Waals surface area contributed by atoms with Gasteiger partial charge in [-0.1, -0.05) is 6.92 Å². The van der Waals surface area contributed by atoms with E-state index >= 15 is 0 Å². The molecule has 2 nitrogen and oxygen atoms in total. The van der Waals surface area contributed by atoms with Crippen molar-refractivity contribution < 1.29 is 4.42 Å². The Morgan fingerprint density at radius 2 is 2.12 bits per heavy atom. The van der Waals surface area contributed by atoms with E-state index < -0.39 is 0 Å². The zero-order valence-corrected chi connectivity index (χ0v) is 10.7. The Morgan fingerprint density at radius 1 is 1.31 bits per heavy atom. The van der Waals surface area contributed by atoms with Crippen molar-refractivity contribution in [1.82, 2.24) is 5.32 Å². The first kappa shape index (κ1) is 11.4. The van der Waals surface area contributed by atoms with Crippen LogP contribution in [-0.4, -0.2) is 7.05 Å². The summed E-state index contributed by atoms with van der Waals surface area (Å²) >= 11 is 1.85. The smallest absolute Gasteiger partial charge is 0.126 e. The molecule has 2 aromatic heterocycles. The van der Waals surface area contributed by atoms with Crippen LogP contribution >= 0.6 is 11.3 Å². The summed E-state index contributed by atoms with van der Waals surface area (Å²) in [6.07, 6.45) is 1.10. The molecule has 0 amide bonds. The topological polar surface area (TPSA) is 25.2 Å². The normalized spacial score (nSPS) is 12.9. The summed E-state index contributed by atoms with van der Waals surface area (Å²) in [6.45, 7) is 4.16. The summed E-state index contributed by atoms with van der Waals surface area (Å²) in [5.74, 6) is 1.95. The van der Waals surface area contributed by atoms with Crippen LogP contribution in [0.15, 0.2) is 28.7 Å². The highest BCUT2D eigenvalue weighted by molar-refractivity contribution is 7.12. The van der Waals surface area contributed by atoms with Crippen molar-refractivity contribution in [3.8, 4) is 0 Å². The van der Waals surface area contributed by atoms with Gasteiger partial charge in [0, 0.05) is 9.75 Å². The first-order valence-electron chi connectivity index (χ1n) is 5.56. The van der Waals surface area contributed by atoms with E-state index in [1.54, 1.807) is 0 Å². The molecule has 2 rings (SSSR count). The molecule has 0 spiro atoms. The molecule has 0 saturated heterocycles. The molecule has 0 aromatic carbocycles. The predicted molar refractivity (Wildman–Crippen MR) is 68.0 cm³/mol. The third kappa shape index (κ3) is 2.20. The van der Waals surface area contributed by atoms with Gasteiger partial charge in [-0.25, -0.2) is 0 Å². The number of nitrogens with one attached hydrogen (secondary N) is 1. The second-order valence-corrected chi connectivity index (χ2v) is 5.03. The van der Waals surface area contributed by atoms with Crippen molar-refractivity contribution in [2.75, 3.05) is 7.05 Å². The summed E-state index contributed by atoms with van der Waals surface area (Å²) < 4.78 is 5.68. The van der Waals surface area contributed by atoms with Crippen LogP contribution in [0, 0.1) is 6.92 Å². The third-order valence-electron chi connectivity index (χ3n) is 2.65. The molecule has 1 atom stereocenters. The minimum Gasteiger partial charge on any atom is -0.464 e. The molecule has 1 N–H and O–H groups in total. The second-order valence-electron chi connectivity index (χ2n) is 3.83. The third-order valence-corrected chi connectivity index (χ3v) is 3.94. The van der Waals surface area contributed by atoms with Gasteiger partial charge in [0.05, 0.1) is 0 Å². The highest BCUT2D eigenvalue weighted by Crippen LogP contribution is 2.29. The van der Waals surface area contributed by atoms with Gasteiger partial charge in [-0.05, 0) is 44.7 Å². The molecule has 0 aliphatic rings. The summed E-state index contributed by atoms with van der Waals surface area (Å²) in [7, 11) is 1.97. The van der Waals surface area contributed by atoms with Gasteiger partial charge in [-0.15, -0.1) is 11.3 Å². The molecule has 2 heterocycles. The quantitative estimate of drug-likeness (QED) is 0.877. The number of aryl methyl sites for hydroxylation is 2. The first-order valence-corrected chi connectivity index (χ1v) is 6.38. The van der Waals surface area contributed by atoms with Gasteiger partial charge in [0.25, 0.3) is 0 Å². The Balaban J connectivity index is 2.28. The first-order chi connectivity index (χ1) is 7.74. The van der Waals surface area contributed by atoms with Gasteiger partial charge in [0.1, 0.15) is 17.6 Å². The van der Waals surface area contributed by atoms with Gasteiger partial charge in [0.15, 0.2) is 0 Å². The van der Waals surface area contributed by atoms with Crippen LogP contribution in [0.3, 0.4) is 0 Å². The predicted octanol–water partition coefficient (Wildman–Crippen LogP) is 3.52. The van der Waals surface area contributed by atoms with Crippen LogP contribution in [0.5, 0.6) is 0 Å². The van der Waals surface area contributed by atoms with Crippen LogP contribution in [0.25, 0.3) is 0 Å². The van der Waals surface area contributed by atoms with Crippen LogP contribution < -0.4 is 5.32 Å². The Hall–Kier alpha value is -1.06. The lowest BCUT2D eigenvalue weighted by atomic mass is 10.2. The molecular weight excluding hydrogens is 218 g/mol. The van der Waals surface area contributed by atoms with E-state index in [9.17, 15) is 0 Å². The van der Waals surface area contributed by atoms with E-state index in [-0.39, 0.29) is 6.04 Å². The average Bonchev–Trinajstić information content (AvgIpc) is 2.89. The molecule has 86 valence electrons. The van der Waals surface area contributed by atoms with Gasteiger partial charge >= 0.3 is 0 Å². The van der Waals surface area contributed by atoms with Gasteiger partial charge in [0.2, 0.25) is 0 Å². The van der Waals surface area contributed by atoms with E-state index in [2.05, 4.69) is 24.4 Å². The average molecular weight is 235 g/mol. The van der Waals surface area contributed by atoms with E-state index in [1.165, 1.54) is 9.75 Å². The molecule has 0 bridgehead atoms. The maximum absolute atomic E-state index is 5.68. The molecule has 1 unspecified atom stereocenters. The standard InChI is InChI=1S/C13H17NOS/c1-4-10-6-8-12(16-10)13(14-3)11-7-5-9(2)15-11/h5-8,13-14H,4H2,1-3H3. The van der Waals surface area contributed by atoms with Gasteiger partial charge in [-0.3, -0.25) is 0 Å². The molecule has 16 heavy (non-hydrogen) atoms. The van der Waals surface area contributed by atoms with Crippen LogP contribution in [0.2, 0.25) is 0 Å². The number of hydrogen-bond donors (Lipinski definition) is 1. The summed E-state index contributed by atoms with van der Waals surface area (Å²) in [6, 6.07) is 8.61. The Bertz CT molecular complexity index is 458. The fraction of sp³-hybridized carbons (Fsp3) is 0.385. The van der Waals surface area contributed by atoms with Crippen LogP contribution in [0.1, 0.15) is 34.2 Å². The van der Waals surface area contributed by atoms with Crippen LogP contribution in [-0.2, 0) is 6.42 Å². The van der Waals surface area contributed by atoms with Crippen molar-refractivity contribution in [2.45, 2.75) is 26.3 Å². The second kappa shape index (κ2) is 4.85. The maximum Gasteiger partial charge on any atom is 0.126 e. The van der Waals surface area contributed by atoms with Gasteiger partial charge < -0.3 is 9.73 Å². The van der Waals surface area contributed by atoms with Crippen molar-refractivity contribution >= 4 is 11.3 Å². The lowest BCUT2D eigenvalue weighted by Gasteiger charge is -2.11. The molecule has 0 saturated carbocycles. The Morgan fingerprint density at radius 3 is 2.62 bits per heavy atom. The number of rotatable bonds is 4. The molecule has 0 aliphatic heterocycles. The number of furan rings is 1. The minimum absolute atomic E-state index is 0.180. The Labute approximate surface area is 100 Å². The molecule has 0 radical (unpaired) electrons. The lowest BCUT2D eigenvalue weighted by Crippen LogP contribution is -2.15. The maximum atomic E-state index is 5.68. The molecule has 0 aliphatic carbocycles. The number of hydrogen-bond acceptors (Lipinski definition) is 3. The molecule has 2 aromatic rings. The molecular formula is C13H17NOS. The lowest BCUT2D eigenvalue weighted by molar-refractivity contribution is 0.446. The van der Waals surface area contributed by atoms with Crippen molar-refractivity contribution in [3.05, 3.63) is 45.5 Å². The summed E-state index contributed by atoms with van der Waals surface area (Å²) in [4.78, 5) is 2.73. The van der Waals surface area contributed by atoms with Crippen molar-refractivity contribution in [3.63, 3.8) is 0 Å². The molecule has 3 heteroatoms. The zero-order chi connectivity index (χ0) is 11.5. The highest BCUT2D eigenvalue weighted by atomic mass is 32.1. The Kier molecular flexibility index (Phi) is 3.46. The fourth-order valence-corrected chi connectivity index (χ4v) is 2.84. The van der Waals surface area contributed by atoms with Crippen LogP contribution in [0.4, 0.5) is 0 Å². The van der Waals surface area contributed by atoms with E-state index in [0.717, 1.165) is 17.9 Å². The van der Waals surface area contributed by atoms with E-state index in [1.807, 2.05) is 37.4 Å². The van der Waals surface area contributed by atoms with Crippen molar-refractivity contribution in [2.24, 2.45) is 0 Å². The van der Waals surface area contributed by atoms with E-state index in [4.69, 9.17) is 4.42 Å². The zero-order valence-electron chi connectivity index (χ0n) is 9.91. The van der Waals surface area contributed by atoms with Gasteiger partial charge in [-0.2, -0.15) is 0 Å². The molecule has 0 fully saturated rings. The van der Waals surface area contributed by atoms with Crippen molar-refractivity contribution in [1.29, 1.82) is 0 Å². The minimum atomic E-state index is 0.180. The largest absolute Gasteiger partial charge is 0.464 e. The fourth-order valence-electron chi connectivity index (χ4n) is 1.77. The summed E-state index contributed by atoms with van der Waals surface area (Å²) in [5.41, 5.74) is 0. The highest BCUT2D eigenvalue weighted by Gasteiger charge is 2.17. The number of thiophene rings is 1. The SMILES string of the molecule is CCc1ccc(C(NC)c2ccc(C)o2)s1.